The van der Waals surface area contributed by atoms with Gasteiger partial charge in [-0.15, -0.1) is 0 Å². The normalized spacial score (nSPS) is 18.0. The molecular weight excluding hydrogens is 641 g/mol. The first kappa shape index (κ1) is 46.0. The molecule has 4 atom stereocenters. The van der Waals surface area contributed by atoms with Crippen molar-refractivity contribution < 1.29 is 37.5 Å². The van der Waals surface area contributed by atoms with E-state index in [1.54, 1.807) is 0 Å². The van der Waals surface area contributed by atoms with Crippen LogP contribution in [0.4, 0.5) is 0 Å². The zero-order chi connectivity index (χ0) is 35.7. The summed E-state index contributed by atoms with van der Waals surface area (Å²) in [6, 6.07) is 0. The third kappa shape index (κ3) is 30.3. The van der Waals surface area contributed by atoms with Gasteiger partial charge in [-0.25, -0.2) is 4.57 Å². The van der Waals surface area contributed by atoms with Gasteiger partial charge in [-0.1, -0.05) is 141 Å². The van der Waals surface area contributed by atoms with Gasteiger partial charge in [-0.2, -0.15) is 0 Å². The van der Waals surface area contributed by atoms with Gasteiger partial charge in [0.1, 0.15) is 18.8 Å². The van der Waals surface area contributed by atoms with E-state index in [2.05, 4.69) is 38.2 Å². The zero-order valence-electron chi connectivity index (χ0n) is 31.4. The highest BCUT2D eigenvalue weighted by Gasteiger charge is 2.41. The molecule has 49 heavy (non-hydrogen) atoms. The number of phosphoric ester groups is 1. The average molecular weight is 716 g/mol. The number of carbonyl (C=O) groups excluding carboxylic acids is 1. The number of carbonyl (C=O) groups is 1. The van der Waals surface area contributed by atoms with Crippen LogP contribution in [0, 0.1) is 0 Å². The SMILES string of the molecule is CCCC/C=C\CCCCCCCCCCC(=O)OCC(COP(=O)(O)OCCN)O[C@H]1O[C@@H]1CCCCCCCCC/C=C/CCCC. The fourth-order valence-electron chi connectivity index (χ4n) is 5.61. The summed E-state index contributed by atoms with van der Waals surface area (Å²) in [5, 5.41) is 0. The monoisotopic (exact) mass is 716 g/mol. The van der Waals surface area contributed by atoms with Crippen molar-refractivity contribution in [3.63, 3.8) is 0 Å². The Bertz CT molecular complexity index is 870. The molecule has 0 aliphatic carbocycles. The highest BCUT2D eigenvalue weighted by atomic mass is 31.2. The quantitative estimate of drug-likeness (QED) is 0.0212. The summed E-state index contributed by atoms with van der Waals surface area (Å²) >= 11 is 0. The van der Waals surface area contributed by atoms with E-state index in [-0.39, 0.29) is 38.4 Å². The lowest BCUT2D eigenvalue weighted by atomic mass is 10.1. The third-order valence-corrected chi connectivity index (χ3v) is 9.72. The van der Waals surface area contributed by atoms with Crippen LogP contribution < -0.4 is 5.73 Å². The number of allylic oxidation sites excluding steroid dienone is 4. The Morgan fingerprint density at radius 3 is 1.73 bits per heavy atom. The van der Waals surface area contributed by atoms with Gasteiger partial charge in [0.05, 0.1) is 13.2 Å². The molecule has 0 aromatic heterocycles. The van der Waals surface area contributed by atoms with Crippen LogP contribution in [0.2, 0.25) is 0 Å². The summed E-state index contributed by atoms with van der Waals surface area (Å²) in [7, 11) is -4.29. The summed E-state index contributed by atoms with van der Waals surface area (Å²) in [4.78, 5) is 22.3. The van der Waals surface area contributed by atoms with Gasteiger partial charge in [-0.3, -0.25) is 13.8 Å². The number of hydrogen-bond donors (Lipinski definition) is 2. The molecule has 0 bridgehead atoms. The van der Waals surface area contributed by atoms with Crippen molar-refractivity contribution in [2.45, 2.75) is 193 Å². The Kier molecular flexibility index (Phi) is 30.8. The number of esters is 1. The van der Waals surface area contributed by atoms with Gasteiger partial charge in [0.25, 0.3) is 0 Å². The molecule has 1 heterocycles. The van der Waals surface area contributed by atoms with Crippen LogP contribution in [0.25, 0.3) is 0 Å². The van der Waals surface area contributed by atoms with Crippen LogP contribution in [-0.4, -0.2) is 55.7 Å². The molecule has 1 saturated heterocycles. The summed E-state index contributed by atoms with van der Waals surface area (Å²) in [6.45, 7) is 4.11. The zero-order valence-corrected chi connectivity index (χ0v) is 32.3. The van der Waals surface area contributed by atoms with E-state index in [0.29, 0.717) is 6.42 Å². The Morgan fingerprint density at radius 1 is 0.714 bits per heavy atom. The van der Waals surface area contributed by atoms with E-state index in [9.17, 15) is 14.3 Å². The maximum absolute atomic E-state index is 12.4. The standard InChI is InChI=1S/C39H74NO8P/c1-3-5-7-9-11-13-15-17-19-21-23-25-27-29-31-38(41)44-34-36(35-46-49(42,43)45-33-32-40)47-39-37(48-39)30-28-26-24-22-20-18-16-14-12-10-8-6-4-2/h9-12,36-37,39H,3-8,13-35,40H2,1-2H3,(H,42,43)/b11-9-,12-10+/t36?,37-,39+/m1/s1. The first-order valence-electron chi connectivity index (χ1n) is 20.0. The molecule has 0 aromatic rings. The Morgan fingerprint density at radius 2 is 1.20 bits per heavy atom. The number of hydrogen-bond acceptors (Lipinski definition) is 8. The van der Waals surface area contributed by atoms with Gasteiger partial charge in [0.2, 0.25) is 0 Å². The van der Waals surface area contributed by atoms with Crippen LogP contribution in [0.3, 0.4) is 0 Å². The fraction of sp³-hybridized carbons (Fsp3) is 0.872. The van der Waals surface area contributed by atoms with Crippen LogP contribution in [-0.2, 0) is 32.6 Å². The molecule has 1 aliphatic heterocycles. The van der Waals surface area contributed by atoms with Gasteiger partial charge in [0.15, 0.2) is 6.29 Å². The van der Waals surface area contributed by atoms with Crippen molar-refractivity contribution in [3.8, 4) is 0 Å². The van der Waals surface area contributed by atoms with Crippen LogP contribution in [0.15, 0.2) is 24.3 Å². The van der Waals surface area contributed by atoms with E-state index in [0.717, 1.165) is 38.5 Å². The molecule has 0 amide bonds. The first-order chi connectivity index (χ1) is 23.9. The Labute approximate surface area is 300 Å². The smallest absolute Gasteiger partial charge is 0.463 e. The highest BCUT2D eigenvalue weighted by Crippen LogP contribution is 2.43. The molecule has 0 saturated carbocycles. The number of ether oxygens (including phenoxy) is 3. The predicted molar refractivity (Wildman–Crippen MR) is 200 cm³/mol. The number of rotatable bonds is 37. The van der Waals surface area contributed by atoms with Crippen molar-refractivity contribution in [2.24, 2.45) is 5.73 Å². The molecule has 288 valence electrons. The molecule has 9 nitrogen and oxygen atoms in total. The van der Waals surface area contributed by atoms with Crippen LogP contribution in [0.1, 0.15) is 174 Å². The third-order valence-electron chi connectivity index (χ3n) is 8.73. The van der Waals surface area contributed by atoms with Crippen molar-refractivity contribution in [1.82, 2.24) is 0 Å². The fourth-order valence-corrected chi connectivity index (χ4v) is 6.37. The number of phosphoric acid groups is 1. The molecule has 0 radical (unpaired) electrons. The van der Waals surface area contributed by atoms with E-state index in [1.165, 1.54) is 116 Å². The molecule has 1 aliphatic rings. The summed E-state index contributed by atoms with van der Waals surface area (Å²) < 4.78 is 39.2. The maximum atomic E-state index is 12.4. The van der Waals surface area contributed by atoms with Gasteiger partial charge in [0, 0.05) is 13.0 Å². The molecule has 1 rings (SSSR count). The summed E-state index contributed by atoms with van der Waals surface area (Å²) in [5.74, 6) is -0.302. The summed E-state index contributed by atoms with van der Waals surface area (Å²) in [6.07, 6.45) is 37.0. The van der Waals surface area contributed by atoms with Crippen molar-refractivity contribution in [3.05, 3.63) is 24.3 Å². The van der Waals surface area contributed by atoms with Gasteiger partial charge >= 0.3 is 13.8 Å². The van der Waals surface area contributed by atoms with E-state index < -0.39 is 20.2 Å². The lowest BCUT2D eigenvalue weighted by Crippen LogP contribution is -2.28. The Hall–Kier alpha value is -1.06. The summed E-state index contributed by atoms with van der Waals surface area (Å²) in [5.41, 5.74) is 5.37. The Balaban J connectivity index is 2.19. The van der Waals surface area contributed by atoms with E-state index >= 15 is 0 Å². The largest absolute Gasteiger partial charge is 0.472 e. The maximum Gasteiger partial charge on any atom is 0.472 e. The lowest BCUT2D eigenvalue weighted by Gasteiger charge is -2.19. The molecule has 10 heteroatoms. The number of unbranched alkanes of at least 4 members (excludes halogenated alkanes) is 19. The molecule has 1 fully saturated rings. The molecule has 0 spiro atoms. The van der Waals surface area contributed by atoms with E-state index in [4.69, 9.17) is 29.0 Å². The minimum Gasteiger partial charge on any atom is -0.463 e. The second-order valence-electron chi connectivity index (χ2n) is 13.5. The van der Waals surface area contributed by atoms with Crippen molar-refractivity contribution in [1.29, 1.82) is 0 Å². The molecule has 2 unspecified atom stereocenters. The topological polar surface area (TPSA) is 130 Å². The van der Waals surface area contributed by atoms with E-state index in [1.807, 2.05) is 0 Å². The second-order valence-corrected chi connectivity index (χ2v) is 15.0. The van der Waals surface area contributed by atoms with Crippen LogP contribution >= 0.6 is 7.82 Å². The predicted octanol–water partition coefficient (Wildman–Crippen LogP) is 10.6. The minimum atomic E-state index is -4.29. The van der Waals surface area contributed by atoms with Crippen molar-refractivity contribution in [2.75, 3.05) is 26.4 Å². The lowest BCUT2D eigenvalue weighted by molar-refractivity contribution is -0.151. The van der Waals surface area contributed by atoms with Crippen molar-refractivity contribution >= 4 is 13.8 Å². The van der Waals surface area contributed by atoms with Gasteiger partial charge < -0.3 is 24.8 Å². The number of epoxide rings is 1. The molecular formula is C39H74NO8P. The van der Waals surface area contributed by atoms with Gasteiger partial charge in [-0.05, 0) is 51.4 Å². The minimum absolute atomic E-state index is 0.0143. The average Bonchev–Trinajstić information content (AvgIpc) is 3.84. The first-order valence-corrected chi connectivity index (χ1v) is 21.5. The molecule has 0 aromatic carbocycles. The highest BCUT2D eigenvalue weighted by molar-refractivity contribution is 7.47. The molecule has 3 N–H and O–H groups in total. The second kappa shape index (κ2) is 32.8. The number of nitrogens with two attached hydrogens (primary N) is 1. The van der Waals surface area contributed by atoms with Crippen LogP contribution in [0.5, 0.6) is 0 Å².